The van der Waals surface area contributed by atoms with E-state index in [1.165, 1.54) is 38.5 Å². The minimum Gasteiger partial charge on any atom is -0.400 e. The summed E-state index contributed by atoms with van der Waals surface area (Å²) >= 11 is 0. The molecule has 0 atom stereocenters. The number of hydrogen-bond acceptors (Lipinski definition) is 3. The maximum absolute atomic E-state index is 7.00. The van der Waals surface area contributed by atoms with E-state index in [0.717, 1.165) is 21.3 Å². The molecule has 0 aromatic heterocycles. The molecule has 0 saturated carbocycles. The fourth-order valence-corrected chi connectivity index (χ4v) is 0.984. The normalized spacial score (nSPS) is 6.53. The van der Waals surface area contributed by atoms with Gasteiger partial charge in [0.2, 0.25) is 0 Å². The van der Waals surface area contributed by atoms with Gasteiger partial charge < -0.3 is 15.3 Å². The SMILES string of the molecule is C=C[CH-]CCCCCCC.CO.CO.CO.[Ti]. The number of unbranched alkanes of at least 4 members (excludes halogenated alkanes) is 6. The van der Waals surface area contributed by atoms with Crippen molar-refractivity contribution < 1.29 is 37.0 Å². The van der Waals surface area contributed by atoms with Crippen molar-refractivity contribution in [3.8, 4) is 0 Å². The molecule has 0 fully saturated rings. The van der Waals surface area contributed by atoms with E-state index in [1.807, 2.05) is 6.08 Å². The molecule has 0 heterocycles. The second kappa shape index (κ2) is 55.7. The van der Waals surface area contributed by atoms with Crippen LogP contribution >= 0.6 is 0 Å². The summed E-state index contributed by atoms with van der Waals surface area (Å²) in [6, 6.07) is 0. The summed E-state index contributed by atoms with van der Waals surface area (Å²) in [6.07, 6.45) is 12.1. The van der Waals surface area contributed by atoms with Crippen LogP contribution in [-0.4, -0.2) is 36.6 Å². The topological polar surface area (TPSA) is 60.7 Å². The van der Waals surface area contributed by atoms with Gasteiger partial charge in [-0.3, -0.25) is 0 Å². The first-order chi connectivity index (χ1) is 7.91. The van der Waals surface area contributed by atoms with Crippen molar-refractivity contribution in [3.05, 3.63) is 19.1 Å². The summed E-state index contributed by atoms with van der Waals surface area (Å²) in [5, 5.41) is 21.0. The zero-order valence-electron chi connectivity index (χ0n) is 11.9. The predicted octanol–water partition coefficient (Wildman–Crippen LogP) is 2.56. The average Bonchev–Trinajstić information content (AvgIpc) is 2.41. The van der Waals surface area contributed by atoms with Crippen LogP contribution in [0.15, 0.2) is 12.7 Å². The van der Waals surface area contributed by atoms with E-state index in [4.69, 9.17) is 15.3 Å². The number of hydrogen-bond donors (Lipinski definition) is 3. The number of rotatable bonds is 7. The largest absolute Gasteiger partial charge is 0.400 e. The molecule has 4 heteroatoms. The van der Waals surface area contributed by atoms with E-state index < -0.39 is 0 Å². The molecule has 0 spiro atoms. The zero-order chi connectivity index (χ0) is 13.7. The van der Waals surface area contributed by atoms with Crippen molar-refractivity contribution in [1.82, 2.24) is 0 Å². The van der Waals surface area contributed by atoms with Crippen LogP contribution in [0, 0.1) is 6.42 Å². The van der Waals surface area contributed by atoms with E-state index >= 15 is 0 Å². The molecule has 17 heavy (non-hydrogen) atoms. The van der Waals surface area contributed by atoms with Gasteiger partial charge in [-0.25, -0.2) is 19.1 Å². The molecule has 0 radical (unpaired) electrons. The standard InChI is InChI=1S/C10H19.3CH4O.Ti/c1-3-5-7-9-10-8-6-4-2;3*1-2;/h3,5H,1,4,6-10H2,2H3;3*2H,1H3;/q-1;;;;. The Bertz CT molecular complexity index is 81.1. The Morgan fingerprint density at radius 3 is 1.65 bits per heavy atom. The molecule has 0 unspecified atom stereocenters. The van der Waals surface area contributed by atoms with Crippen molar-refractivity contribution in [3.63, 3.8) is 0 Å². The summed E-state index contributed by atoms with van der Waals surface area (Å²) in [5.41, 5.74) is 0. The predicted molar refractivity (Wildman–Crippen MR) is 72.3 cm³/mol. The summed E-state index contributed by atoms with van der Waals surface area (Å²) in [5.74, 6) is 0. The Morgan fingerprint density at radius 1 is 0.882 bits per heavy atom. The van der Waals surface area contributed by atoms with Crippen LogP contribution in [0.5, 0.6) is 0 Å². The molecule has 0 saturated heterocycles. The van der Waals surface area contributed by atoms with Crippen molar-refractivity contribution in [1.29, 1.82) is 0 Å². The molecule has 0 aromatic carbocycles. The monoisotopic (exact) mass is 283 g/mol. The number of allylic oxidation sites excluding steroid dienone is 1. The molecule has 106 valence electrons. The Morgan fingerprint density at radius 2 is 1.29 bits per heavy atom. The quantitative estimate of drug-likeness (QED) is 0.382. The van der Waals surface area contributed by atoms with Crippen LogP contribution in [0.2, 0.25) is 0 Å². The van der Waals surface area contributed by atoms with Crippen LogP contribution in [0.4, 0.5) is 0 Å². The maximum Gasteiger partial charge on any atom is 0.0319 e. The zero-order valence-corrected chi connectivity index (χ0v) is 13.5. The molecular weight excluding hydrogens is 252 g/mol. The van der Waals surface area contributed by atoms with Crippen molar-refractivity contribution in [2.75, 3.05) is 21.3 Å². The molecule has 0 aromatic rings. The minimum absolute atomic E-state index is 0. The van der Waals surface area contributed by atoms with Gasteiger partial charge in [0.15, 0.2) is 0 Å². The van der Waals surface area contributed by atoms with Gasteiger partial charge in [0.05, 0.1) is 0 Å². The molecule has 3 N–H and O–H groups in total. The molecule has 0 bridgehead atoms. The molecule has 0 rings (SSSR count). The maximum atomic E-state index is 7.00. The second-order valence-electron chi connectivity index (χ2n) is 2.67. The molecule has 0 amide bonds. The molecule has 0 aliphatic rings. The van der Waals surface area contributed by atoms with Crippen molar-refractivity contribution in [2.45, 2.75) is 45.4 Å². The van der Waals surface area contributed by atoms with Crippen LogP contribution in [0.1, 0.15) is 45.4 Å². The van der Waals surface area contributed by atoms with Gasteiger partial charge in [-0.15, -0.1) is 6.42 Å². The first kappa shape index (κ1) is 30.3. The molecular formula is C13H31O3Ti-. The third-order valence-electron chi connectivity index (χ3n) is 1.64. The Balaban J connectivity index is -0.0000000594. The van der Waals surface area contributed by atoms with E-state index in [-0.39, 0.29) is 21.7 Å². The summed E-state index contributed by atoms with van der Waals surface area (Å²) in [4.78, 5) is 0. The number of aliphatic hydroxyl groups excluding tert-OH is 3. The van der Waals surface area contributed by atoms with Gasteiger partial charge >= 0.3 is 0 Å². The Hall–Kier alpha value is 0.204. The van der Waals surface area contributed by atoms with Crippen molar-refractivity contribution in [2.24, 2.45) is 0 Å². The van der Waals surface area contributed by atoms with E-state index in [0.29, 0.717) is 0 Å². The van der Waals surface area contributed by atoms with Gasteiger partial charge in [0, 0.05) is 43.0 Å². The summed E-state index contributed by atoms with van der Waals surface area (Å²) in [6.45, 7) is 5.88. The van der Waals surface area contributed by atoms with Crippen LogP contribution in [-0.2, 0) is 21.7 Å². The Kier molecular flexibility index (Phi) is 99.3. The third kappa shape index (κ3) is 63.0. The number of aliphatic hydroxyl groups is 3. The van der Waals surface area contributed by atoms with Gasteiger partial charge in [-0.2, -0.15) is 0 Å². The minimum atomic E-state index is 0. The van der Waals surface area contributed by atoms with Gasteiger partial charge in [-0.1, -0.05) is 39.0 Å². The van der Waals surface area contributed by atoms with E-state index in [2.05, 4.69) is 19.9 Å². The van der Waals surface area contributed by atoms with Gasteiger partial charge in [0.25, 0.3) is 0 Å². The summed E-state index contributed by atoms with van der Waals surface area (Å²) < 4.78 is 0. The molecule has 3 nitrogen and oxygen atoms in total. The fraction of sp³-hybridized carbons (Fsp3) is 0.769. The first-order valence-corrected chi connectivity index (χ1v) is 5.70. The second-order valence-corrected chi connectivity index (χ2v) is 2.67. The smallest absolute Gasteiger partial charge is 0.0319 e. The van der Waals surface area contributed by atoms with Crippen LogP contribution in [0.25, 0.3) is 0 Å². The fourth-order valence-electron chi connectivity index (χ4n) is 0.984. The van der Waals surface area contributed by atoms with Gasteiger partial charge in [0.1, 0.15) is 0 Å². The van der Waals surface area contributed by atoms with Crippen LogP contribution in [0.3, 0.4) is 0 Å². The van der Waals surface area contributed by atoms with E-state index in [9.17, 15) is 0 Å². The molecule has 0 aliphatic carbocycles. The first-order valence-electron chi connectivity index (χ1n) is 5.70. The van der Waals surface area contributed by atoms with Crippen molar-refractivity contribution >= 4 is 0 Å². The summed E-state index contributed by atoms with van der Waals surface area (Å²) in [7, 11) is 3.00. The Labute approximate surface area is 123 Å². The van der Waals surface area contributed by atoms with Gasteiger partial charge in [-0.05, 0) is 0 Å². The third-order valence-corrected chi connectivity index (χ3v) is 1.64. The average molecular weight is 283 g/mol. The van der Waals surface area contributed by atoms with Crippen LogP contribution < -0.4 is 0 Å². The van der Waals surface area contributed by atoms with E-state index in [1.54, 1.807) is 0 Å². The molecule has 0 aliphatic heterocycles.